The van der Waals surface area contributed by atoms with Crippen molar-refractivity contribution in [2.45, 2.75) is 52.8 Å². The van der Waals surface area contributed by atoms with Crippen molar-refractivity contribution in [1.29, 1.82) is 0 Å². The number of hydrogen-bond acceptors (Lipinski definition) is 4. The minimum absolute atomic E-state index is 0.0198. The molecule has 0 aliphatic heterocycles. The van der Waals surface area contributed by atoms with Crippen LogP contribution in [0.1, 0.15) is 34.1 Å². The van der Waals surface area contributed by atoms with Gasteiger partial charge in [0, 0.05) is 0 Å². The van der Waals surface area contributed by atoms with E-state index in [2.05, 4.69) is 0 Å². The van der Waals surface area contributed by atoms with Gasteiger partial charge in [-0.1, -0.05) is 13.1 Å². The first-order valence-electron chi connectivity index (χ1n) is 5.39. The molecule has 0 aromatic heterocycles. The molecule has 0 saturated carbocycles. The van der Waals surface area contributed by atoms with E-state index < -0.39 is 8.80 Å². The van der Waals surface area contributed by atoms with Crippen molar-refractivity contribution in [2.24, 2.45) is 0 Å². The second kappa shape index (κ2) is 8.98. The minimum atomic E-state index is -0.771. The summed E-state index contributed by atoms with van der Waals surface area (Å²) in [6.45, 7) is 9.76. The van der Waals surface area contributed by atoms with Gasteiger partial charge in [0.15, 0.2) is 0 Å². The Balaban J connectivity index is 0. The smallest absolute Gasteiger partial charge is 0.137 e. The topological polar surface area (TPSA) is 68.3 Å². The molecule has 4 nitrogen and oxygen atoms in total. The lowest BCUT2D eigenvalue weighted by molar-refractivity contribution is -0.126. The molecule has 0 aromatic carbocycles. The van der Waals surface area contributed by atoms with Crippen LogP contribution in [0, 0.1) is 0 Å². The summed E-state index contributed by atoms with van der Waals surface area (Å²) in [5.41, 5.74) is -0.287. The SMILES string of the molecule is CC(=O)C(C(C)=O)[Si](C)C.CC(=O)CC(C)=O. The van der Waals surface area contributed by atoms with E-state index in [4.69, 9.17) is 0 Å². The molecule has 0 heterocycles. The first kappa shape index (κ1) is 18.3. The number of carbonyl (C=O) groups excluding carboxylic acids is 4. The zero-order valence-electron chi connectivity index (χ0n) is 11.4. The summed E-state index contributed by atoms with van der Waals surface area (Å²) in [5.74, 6) is -0.0854. The molecule has 0 amide bonds. The number of rotatable bonds is 5. The summed E-state index contributed by atoms with van der Waals surface area (Å²) in [6, 6.07) is 0. The number of carbonyl (C=O) groups is 4. The van der Waals surface area contributed by atoms with Crippen molar-refractivity contribution in [3.63, 3.8) is 0 Å². The molecule has 0 aromatic rings. The molecule has 0 spiro atoms. The van der Waals surface area contributed by atoms with E-state index in [0.717, 1.165) is 0 Å². The lowest BCUT2D eigenvalue weighted by Gasteiger charge is -2.11. The number of ketones is 4. The molecule has 0 saturated heterocycles. The molecular weight excluding hydrogens is 236 g/mol. The third kappa shape index (κ3) is 11.2. The molecule has 17 heavy (non-hydrogen) atoms. The molecule has 97 valence electrons. The number of hydrogen-bond donors (Lipinski definition) is 0. The molecule has 0 atom stereocenters. The Kier molecular flexibility index (Phi) is 9.65. The van der Waals surface area contributed by atoms with Crippen LogP contribution in [0.5, 0.6) is 0 Å². The van der Waals surface area contributed by atoms with Crippen LogP contribution >= 0.6 is 0 Å². The van der Waals surface area contributed by atoms with E-state index in [1.54, 1.807) is 0 Å². The molecule has 0 aliphatic carbocycles. The number of Topliss-reactive ketones (excluding diaryl/α,β-unsaturated/α-hetero) is 4. The summed E-state index contributed by atoms with van der Waals surface area (Å²) >= 11 is 0. The van der Waals surface area contributed by atoms with Crippen LogP contribution < -0.4 is 0 Å². The average molecular weight is 257 g/mol. The maximum Gasteiger partial charge on any atom is 0.137 e. The van der Waals surface area contributed by atoms with Gasteiger partial charge in [0.2, 0.25) is 0 Å². The van der Waals surface area contributed by atoms with Gasteiger partial charge < -0.3 is 0 Å². The zero-order valence-corrected chi connectivity index (χ0v) is 12.4. The van der Waals surface area contributed by atoms with Gasteiger partial charge in [0.25, 0.3) is 0 Å². The molecule has 0 aliphatic rings. The van der Waals surface area contributed by atoms with E-state index in [9.17, 15) is 19.2 Å². The normalized spacial score (nSPS) is 9.65. The Hall–Kier alpha value is -1.10. The van der Waals surface area contributed by atoms with E-state index >= 15 is 0 Å². The van der Waals surface area contributed by atoms with Crippen LogP contribution in [-0.2, 0) is 19.2 Å². The van der Waals surface area contributed by atoms with Gasteiger partial charge in [-0.2, -0.15) is 0 Å². The van der Waals surface area contributed by atoms with Crippen molar-refractivity contribution >= 4 is 31.9 Å². The standard InChI is InChI=1S/C7H13O2Si.C5H8O2/c1-5(8)7(6(2)9)10(3)4;1-4(6)3-5(2)7/h7H,1-4H3;3H2,1-2H3. The zero-order chi connectivity index (χ0) is 14.2. The third-order valence-corrected chi connectivity index (χ3v) is 3.86. The quantitative estimate of drug-likeness (QED) is 0.556. The van der Waals surface area contributed by atoms with Crippen molar-refractivity contribution < 1.29 is 19.2 Å². The maximum absolute atomic E-state index is 10.8. The van der Waals surface area contributed by atoms with Gasteiger partial charge in [-0.15, -0.1) is 0 Å². The highest BCUT2D eigenvalue weighted by molar-refractivity contribution is 6.66. The van der Waals surface area contributed by atoms with E-state index in [1.165, 1.54) is 27.7 Å². The highest BCUT2D eigenvalue weighted by atomic mass is 28.3. The van der Waals surface area contributed by atoms with Gasteiger partial charge in [-0.05, 0) is 27.7 Å². The Morgan fingerprint density at radius 2 is 1.12 bits per heavy atom. The first-order chi connectivity index (χ1) is 7.59. The minimum Gasteiger partial charge on any atom is -0.300 e. The molecular formula is C12H21O4Si. The largest absolute Gasteiger partial charge is 0.300 e. The fraction of sp³-hybridized carbons (Fsp3) is 0.667. The van der Waals surface area contributed by atoms with Crippen LogP contribution in [0.4, 0.5) is 0 Å². The van der Waals surface area contributed by atoms with E-state index in [0.29, 0.717) is 0 Å². The van der Waals surface area contributed by atoms with Gasteiger partial charge in [-0.25, -0.2) is 0 Å². The van der Waals surface area contributed by atoms with E-state index in [1.807, 2.05) is 13.1 Å². The lowest BCUT2D eigenvalue weighted by atomic mass is 10.2. The summed E-state index contributed by atoms with van der Waals surface area (Å²) in [4.78, 5) is 41.7. The molecule has 0 fully saturated rings. The summed E-state index contributed by atoms with van der Waals surface area (Å²) in [7, 11) is -0.771. The second-order valence-electron chi connectivity index (χ2n) is 4.31. The van der Waals surface area contributed by atoms with Crippen LogP contribution in [0.15, 0.2) is 0 Å². The molecule has 1 radical (unpaired) electrons. The van der Waals surface area contributed by atoms with Crippen LogP contribution in [0.2, 0.25) is 18.6 Å². The molecule has 0 unspecified atom stereocenters. The second-order valence-corrected chi connectivity index (χ2v) is 7.04. The third-order valence-electron chi connectivity index (χ3n) is 1.89. The average Bonchev–Trinajstić information content (AvgIpc) is 1.97. The van der Waals surface area contributed by atoms with Crippen molar-refractivity contribution in [3.8, 4) is 0 Å². The lowest BCUT2D eigenvalue weighted by Crippen LogP contribution is -2.25. The fourth-order valence-corrected chi connectivity index (χ4v) is 3.08. The Morgan fingerprint density at radius 1 is 0.824 bits per heavy atom. The van der Waals surface area contributed by atoms with Crippen molar-refractivity contribution in [1.82, 2.24) is 0 Å². The Labute approximate surface area is 104 Å². The first-order valence-corrected chi connectivity index (χ1v) is 7.97. The summed E-state index contributed by atoms with van der Waals surface area (Å²) < 4.78 is 0. The van der Waals surface area contributed by atoms with Gasteiger partial charge in [0.1, 0.15) is 23.1 Å². The van der Waals surface area contributed by atoms with E-state index in [-0.39, 0.29) is 35.1 Å². The van der Waals surface area contributed by atoms with Gasteiger partial charge >= 0.3 is 0 Å². The molecule has 0 rings (SSSR count). The predicted octanol–water partition coefficient (Wildman–Crippen LogP) is 1.84. The van der Waals surface area contributed by atoms with Gasteiger partial charge in [0.05, 0.1) is 20.8 Å². The summed E-state index contributed by atoms with van der Waals surface area (Å²) in [5, 5.41) is 0. The van der Waals surface area contributed by atoms with Crippen molar-refractivity contribution in [3.05, 3.63) is 0 Å². The summed E-state index contributed by atoms with van der Waals surface area (Å²) in [6.07, 6.45) is 0.0833. The Bertz CT molecular complexity index is 282. The predicted molar refractivity (Wildman–Crippen MR) is 68.6 cm³/mol. The van der Waals surface area contributed by atoms with Crippen LogP contribution in [0.3, 0.4) is 0 Å². The van der Waals surface area contributed by atoms with Crippen molar-refractivity contribution in [2.75, 3.05) is 0 Å². The fourth-order valence-electron chi connectivity index (χ4n) is 1.45. The Morgan fingerprint density at radius 3 is 1.12 bits per heavy atom. The maximum atomic E-state index is 10.8. The molecule has 0 N–H and O–H groups in total. The molecule has 5 heteroatoms. The van der Waals surface area contributed by atoms with Crippen LogP contribution in [0.25, 0.3) is 0 Å². The van der Waals surface area contributed by atoms with Gasteiger partial charge in [-0.3, -0.25) is 19.2 Å². The highest BCUT2D eigenvalue weighted by Crippen LogP contribution is 2.12. The monoisotopic (exact) mass is 257 g/mol. The molecule has 0 bridgehead atoms. The highest BCUT2D eigenvalue weighted by Gasteiger charge is 2.23. The van der Waals surface area contributed by atoms with Crippen LogP contribution in [-0.4, -0.2) is 31.9 Å².